The van der Waals surface area contributed by atoms with Crippen LogP contribution in [0.1, 0.15) is 18.1 Å². The first-order valence-electron chi connectivity index (χ1n) is 4.61. The van der Waals surface area contributed by atoms with Gasteiger partial charge in [0, 0.05) is 24.3 Å². The van der Waals surface area contributed by atoms with E-state index in [-0.39, 0.29) is 11.6 Å². The molecule has 82 valence electrons. The second-order valence-electron chi connectivity index (χ2n) is 3.53. The molecule has 2 atom stereocenters. The molecule has 1 heterocycles. The lowest BCUT2D eigenvalue weighted by molar-refractivity contribution is 0.101. The molecule has 5 heteroatoms. The van der Waals surface area contributed by atoms with Crippen molar-refractivity contribution in [2.75, 3.05) is 6.61 Å². The van der Waals surface area contributed by atoms with Crippen molar-refractivity contribution in [1.82, 2.24) is 0 Å². The van der Waals surface area contributed by atoms with Crippen LogP contribution in [-0.2, 0) is 4.74 Å². The van der Waals surface area contributed by atoms with Crippen LogP contribution in [-0.4, -0.2) is 12.6 Å². The molecule has 15 heavy (non-hydrogen) atoms. The number of rotatable bonds is 1. The van der Waals surface area contributed by atoms with Crippen molar-refractivity contribution in [3.63, 3.8) is 0 Å². The molecular weight excluding hydrogens is 207 g/mol. The topological polar surface area (TPSA) is 35.2 Å². The second-order valence-corrected chi connectivity index (χ2v) is 3.53. The van der Waals surface area contributed by atoms with Crippen molar-refractivity contribution in [2.45, 2.75) is 18.6 Å². The van der Waals surface area contributed by atoms with E-state index >= 15 is 0 Å². The number of benzene rings is 1. The van der Waals surface area contributed by atoms with Gasteiger partial charge in [0.2, 0.25) is 0 Å². The van der Waals surface area contributed by atoms with Crippen molar-refractivity contribution in [2.24, 2.45) is 5.73 Å². The van der Waals surface area contributed by atoms with Gasteiger partial charge in [0.1, 0.15) is 11.9 Å². The number of halogens is 3. The summed E-state index contributed by atoms with van der Waals surface area (Å²) in [5.74, 6) is -3.12. The fourth-order valence-corrected chi connectivity index (χ4v) is 1.68. The molecule has 2 N–H and O–H groups in total. The molecular formula is C10H10F3NO. The van der Waals surface area contributed by atoms with Gasteiger partial charge in [0.15, 0.2) is 11.6 Å². The van der Waals surface area contributed by atoms with Crippen LogP contribution in [0.15, 0.2) is 12.1 Å². The Balaban J connectivity index is 2.39. The largest absolute Gasteiger partial charge is 0.372 e. The second kappa shape index (κ2) is 3.83. The maximum atomic E-state index is 13.3. The minimum atomic E-state index is -1.21. The lowest BCUT2D eigenvalue weighted by atomic mass is 10.0. The van der Waals surface area contributed by atoms with Gasteiger partial charge in [-0.15, -0.1) is 0 Å². The van der Waals surface area contributed by atoms with Crippen molar-refractivity contribution in [3.8, 4) is 0 Å². The maximum absolute atomic E-state index is 13.3. The number of ether oxygens (including phenoxy) is 1. The highest BCUT2D eigenvalue weighted by Gasteiger charge is 2.29. The number of hydrogen-bond acceptors (Lipinski definition) is 2. The van der Waals surface area contributed by atoms with E-state index in [4.69, 9.17) is 10.5 Å². The predicted octanol–water partition coefficient (Wildman–Crippen LogP) is 1.89. The summed E-state index contributed by atoms with van der Waals surface area (Å²) in [5, 5.41) is 0. The summed E-state index contributed by atoms with van der Waals surface area (Å²) in [4.78, 5) is 0. The molecule has 0 aliphatic carbocycles. The van der Waals surface area contributed by atoms with Gasteiger partial charge >= 0.3 is 0 Å². The molecule has 1 aliphatic heterocycles. The summed E-state index contributed by atoms with van der Waals surface area (Å²) in [7, 11) is 0. The zero-order valence-corrected chi connectivity index (χ0v) is 7.84. The molecule has 0 radical (unpaired) electrons. The lowest BCUT2D eigenvalue weighted by Gasteiger charge is -2.15. The molecule has 1 aromatic carbocycles. The number of hydrogen-bond donors (Lipinski definition) is 1. The van der Waals surface area contributed by atoms with E-state index in [0.717, 1.165) is 6.07 Å². The van der Waals surface area contributed by atoms with Crippen molar-refractivity contribution in [3.05, 3.63) is 35.1 Å². The van der Waals surface area contributed by atoms with Crippen LogP contribution in [0.5, 0.6) is 0 Å². The molecule has 2 rings (SSSR count). The highest BCUT2D eigenvalue weighted by molar-refractivity contribution is 5.24. The SMILES string of the molecule is NC1CCOC1c1cc(F)c(F)cc1F. The van der Waals surface area contributed by atoms with Gasteiger partial charge in [0.05, 0.1) is 0 Å². The average molecular weight is 217 g/mol. The number of nitrogens with two attached hydrogens (primary N) is 1. The van der Waals surface area contributed by atoms with Crippen LogP contribution in [0, 0.1) is 17.5 Å². The Morgan fingerprint density at radius 2 is 1.80 bits per heavy atom. The van der Waals surface area contributed by atoms with Gasteiger partial charge in [-0.25, -0.2) is 13.2 Å². The van der Waals surface area contributed by atoms with Crippen LogP contribution < -0.4 is 5.73 Å². The zero-order chi connectivity index (χ0) is 11.0. The monoisotopic (exact) mass is 217 g/mol. The van der Waals surface area contributed by atoms with E-state index in [2.05, 4.69) is 0 Å². The Hall–Kier alpha value is -1.07. The van der Waals surface area contributed by atoms with Crippen LogP contribution in [0.25, 0.3) is 0 Å². The smallest absolute Gasteiger partial charge is 0.161 e. The Kier molecular flexibility index (Phi) is 2.67. The van der Waals surface area contributed by atoms with Gasteiger partial charge in [0.25, 0.3) is 0 Å². The van der Waals surface area contributed by atoms with E-state index in [1.165, 1.54) is 0 Å². The summed E-state index contributed by atoms with van der Waals surface area (Å²) in [6, 6.07) is 0.948. The molecule has 0 amide bonds. The molecule has 1 aliphatic rings. The standard InChI is InChI=1S/C10H10F3NO/c11-6-4-8(13)7(12)3-5(6)10-9(14)1-2-15-10/h3-4,9-10H,1-2,14H2. The molecule has 2 nitrogen and oxygen atoms in total. The van der Waals surface area contributed by atoms with Gasteiger partial charge in [-0.1, -0.05) is 0 Å². The average Bonchev–Trinajstić information content (AvgIpc) is 2.58. The first-order valence-corrected chi connectivity index (χ1v) is 4.61. The Bertz CT molecular complexity index is 383. The van der Waals surface area contributed by atoms with Crippen LogP contribution in [0.4, 0.5) is 13.2 Å². The molecule has 0 saturated carbocycles. The Labute approximate surface area is 84.8 Å². The predicted molar refractivity (Wildman–Crippen MR) is 47.6 cm³/mol. The van der Waals surface area contributed by atoms with E-state index in [1.807, 2.05) is 0 Å². The molecule has 2 unspecified atom stereocenters. The Morgan fingerprint density at radius 3 is 2.40 bits per heavy atom. The molecule has 1 aromatic rings. The van der Waals surface area contributed by atoms with Gasteiger partial charge in [-0.05, 0) is 12.5 Å². The third-order valence-corrected chi connectivity index (χ3v) is 2.48. The summed E-state index contributed by atoms with van der Waals surface area (Å²) in [5.41, 5.74) is 5.65. The molecule has 0 bridgehead atoms. The van der Waals surface area contributed by atoms with Crippen molar-refractivity contribution >= 4 is 0 Å². The first-order chi connectivity index (χ1) is 7.09. The third kappa shape index (κ3) is 1.85. The summed E-state index contributed by atoms with van der Waals surface area (Å²) >= 11 is 0. The first kappa shape index (κ1) is 10.4. The van der Waals surface area contributed by atoms with Crippen molar-refractivity contribution < 1.29 is 17.9 Å². The van der Waals surface area contributed by atoms with Crippen molar-refractivity contribution in [1.29, 1.82) is 0 Å². The van der Waals surface area contributed by atoms with E-state index < -0.39 is 23.6 Å². The highest BCUT2D eigenvalue weighted by Crippen LogP contribution is 2.30. The van der Waals surface area contributed by atoms with E-state index in [9.17, 15) is 13.2 Å². The van der Waals surface area contributed by atoms with E-state index in [0.29, 0.717) is 19.1 Å². The maximum Gasteiger partial charge on any atom is 0.161 e. The quantitative estimate of drug-likeness (QED) is 0.729. The molecule has 0 aromatic heterocycles. The van der Waals surface area contributed by atoms with Gasteiger partial charge in [-0.2, -0.15) is 0 Å². The van der Waals surface area contributed by atoms with Crippen LogP contribution in [0.3, 0.4) is 0 Å². The normalized spacial score (nSPS) is 25.9. The summed E-state index contributed by atoms with van der Waals surface area (Å²) in [6.45, 7) is 0.407. The summed E-state index contributed by atoms with van der Waals surface area (Å²) in [6.07, 6.45) is -0.0941. The summed E-state index contributed by atoms with van der Waals surface area (Å²) < 4.78 is 44.0. The minimum Gasteiger partial charge on any atom is -0.372 e. The third-order valence-electron chi connectivity index (χ3n) is 2.48. The van der Waals surface area contributed by atoms with Gasteiger partial charge < -0.3 is 10.5 Å². The van der Waals surface area contributed by atoms with Crippen LogP contribution in [0.2, 0.25) is 0 Å². The van der Waals surface area contributed by atoms with E-state index in [1.54, 1.807) is 0 Å². The van der Waals surface area contributed by atoms with Gasteiger partial charge in [-0.3, -0.25) is 0 Å². The molecule has 0 spiro atoms. The molecule has 1 saturated heterocycles. The fourth-order valence-electron chi connectivity index (χ4n) is 1.68. The highest BCUT2D eigenvalue weighted by atomic mass is 19.2. The molecule has 1 fully saturated rings. The minimum absolute atomic E-state index is 0.0149. The Morgan fingerprint density at radius 1 is 1.13 bits per heavy atom. The fraction of sp³-hybridized carbons (Fsp3) is 0.400. The lowest BCUT2D eigenvalue weighted by Crippen LogP contribution is -2.24. The zero-order valence-electron chi connectivity index (χ0n) is 7.84. The van der Waals surface area contributed by atoms with Crippen LogP contribution >= 0.6 is 0 Å².